The molecular formula is C14H24N2O2. The van der Waals surface area contributed by atoms with Crippen molar-refractivity contribution in [3.63, 3.8) is 0 Å². The van der Waals surface area contributed by atoms with Crippen LogP contribution in [0.4, 0.5) is 0 Å². The largest absolute Gasteiger partial charge is 0.399 e. The lowest BCUT2D eigenvalue weighted by molar-refractivity contribution is 0.0930. The molecule has 0 bridgehead atoms. The topological polar surface area (TPSA) is 45.1 Å². The molecule has 0 aromatic heterocycles. The van der Waals surface area contributed by atoms with Crippen molar-refractivity contribution >= 4 is 5.71 Å². The molecule has 0 radical (unpaired) electrons. The van der Waals surface area contributed by atoms with Crippen molar-refractivity contribution in [2.24, 2.45) is 16.0 Å². The lowest BCUT2D eigenvalue weighted by Gasteiger charge is -2.43. The molecule has 0 aromatic carbocycles. The highest BCUT2D eigenvalue weighted by molar-refractivity contribution is 5.96. The molecule has 2 heterocycles. The summed E-state index contributed by atoms with van der Waals surface area (Å²) >= 11 is 0. The zero-order valence-corrected chi connectivity index (χ0v) is 11.6. The Morgan fingerprint density at radius 2 is 2.11 bits per heavy atom. The van der Waals surface area contributed by atoms with E-state index in [1.54, 1.807) is 7.11 Å². The molecule has 3 rings (SSSR count). The number of fused-ring (bicyclic) bond motifs is 2. The van der Waals surface area contributed by atoms with E-state index >= 15 is 0 Å². The van der Waals surface area contributed by atoms with Crippen LogP contribution >= 0.6 is 0 Å². The second kappa shape index (κ2) is 3.94. The van der Waals surface area contributed by atoms with Gasteiger partial charge in [0.2, 0.25) is 0 Å². The summed E-state index contributed by atoms with van der Waals surface area (Å²) in [5.74, 6) is 0. The zero-order chi connectivity index (χ0) is 13.0. The summed E-state index contributed by atoms with van der Waals surface area (Å²) in [5.41, 5.74) is 1.50. The van der Waals surface area contributed by atoms with Gasteiger partial charge in [0.15, 0.2) is 0 Å². The summed E-state index contributed by atoms with van der Waals surface area (Å²) in [4.78, 5) is 7.39. The fraction of sp³-hybridized carbons (Fsp3) is 0.929. The van der Waals surface area contributed by atoms with Gasteiger partial charge in [0.05, 0.1) is 6.04 Å². The Labute approximate surface area is 109 Å². The van der Waals surface area contributed by atoms with E-state index in [1.165, 1.54) is 25.7 Å². The third-order valence-corrected chi connectivity index (χ3v) is 5.73. The summed E-state index contributed by atoms with van der Waals surface area (Å²) in [7, 11) is 1.57. The highest BCUT2D eigenvalue weighted by Gasteiger charge is 2.62. The highest BCUT2D eigenvalue weighted by atomic mass is 16.6. The number of oxime groups is 1. The van der Waals surface area contributed by atoms with Crippen LogP contribution in [-0.4, -0.2) is 48.1 Å². The van der Waals surface area contributed by atoms with Gasteiger partial charge in [0.1, 0.15) is 18.9 Å². The average molecular weight is 252 g/mol. The van der Waals surface area contributed by atoms with Gasteiger partial charge in [-0.25, -0.2) is 0 Å². The molecule has 18 heavy (non-hydrogen) atoms. The molecule has 1 aliphatic carbocycles. The Bertz CT molecular complexity index is 380. The minimum atomic E-state index is -0.441. The zero-order valence-electron chi connectivity index (χ0n) is 11.6. The molecule has 1 saturated carbocycles. The molecule has 3 unspecified atom stereocenters. The van der Waals surface area contributed by atoms with Crippen molar-refractivity contribution < 1.29 is 9.94 Å². The van der Waals surface area contributed by atoms with Gasteiger partial charge in [-0.3, -0.25) is 4.90 Å². The predicted octanol–water partition coefficient (Wildman–Crippen LogP) is 1.63. The summed E-state index contributed by atoms with van der Waals surface area (Å²) in [6.45, 7) is 6.59. The second-order valence-electron chi connectivity index (χ2n) is 6.76. The van der Waals surface area contributed by atoms with E-state index in [1.807, 2.05) is 0 Å². The predicted molar refractivity (Wildman–Crippen MR) is 70.5 cm³/mol. The Hall–Kier alpha value is -0.610. The molecule has 2 aliphatic heterocycles. The Balaban J connectivity index is 2.01. The number of hydrogen-bond donors (Lipinski definition) is 1. The molecule has 2 saturated heterocycles. The standard InChI is InChI=1S/C14H24N2O2/c1-13(2)5-4-6-14(13)7-8-16-9-10(17)11(12(14)16)15-18-3/h10,12,17H,4-9H2,1-3H3. The lowest BCUT2D eigenvalue weighted by atomic mass is 9.62. The van der Waals surface area contributed by atoms with Crippen LogP contribution in [0, 0.1) is 10.8 Å². The second-order valence-corrected chi connectivity index (χ2v) is 6.76. The molecule has 4 nitrogen and oxygen atoms in total. The quantitative estimate of drug-likeness (QED) is 0.722. The fourth-order valence-electron chi connectivity index (χ4n) is 4.74. The number of hydrogen-bond acceptors (Lipinski definition) is 4. The highest BCUT2D eigenvalue weighted by Crippen LogP contribution is 2.61. The van der Waals surface area contributed by atoms with Gasteiger partial charge in [-0.15, -0.1) is 0 Å². The van der Waals surface area contributed by atoms with Crippen LogP contribution in [0.1, 0.15) is 39.5 Å². The Morgan fingerprint density at radius 3 is 2.72 bits per heavy atom. The van der Waals surface area contributed by atoms with Crippen LogP contribution in [0.5, 0.6) is 0 Å². The lowest BCUT2D eigenvalue weighted by Crippen LogP contribution is -2.46. The van der Waals surface area contributed by atoms with Gasteiger partial charge in [-0.1, -0.05) is 25.4 Å². The van der Waals surface area contributed by atoms with Gasteiger partial charge in [0, 0.05) is 6.54 Å². The van der Waals surface area contributed by atoms with Gasteiger partial charge >= 0.3 is 0 Å². The molecule has 4 heteroatoms. The molecule has 102 valence electrons. The van der Waals surface area contributed by atoms with Crippen molar-refractivity contribution in [3.05, 3.63) is 0 Å². The number of aliphatic hydroxyl groups is 1. The smallest absolute Gasteiger partial charge is 0.110 e. The third kappa shape index (κ3) is 1.42. The normalized spacial score (nSPS) is 45.0. The first-order chi connectivity index (χ1) is 8.52. The van der Waals surface area contributed by atoms with E-state index in [2.05, 4.69) is 23.9 Å². The van der Waals surface area contributed by atoms with Gasteiger partial charge in [0.25, 0.3) is 0 Å². The monoisotopic (exact) mass is 252 g/mol. The van der Waals surface area contributed by atoms with Crippen LogP contribution in [0.3, 0.4) is 0 Å². The summed E-state index contributed by atoms with van der Waals surface area (Å²) < 4.78 is 0. The Kier molecular flexibility index (Phi) is 2.72. The van der Waals surface area contributed by atoms with E-state index in [-0.39, 0.29) is 0 Å². The summed E-state index contributed by atoms with van der Waals surface area (Å²) in [6.07, 6.45) is 4.64. The minimum absolute atomic E-state index is 0.293. The van der Waals surface area contributed by atoms with Crippen molar-refractivity contribution in [1.29, 1.82) is 0 Å². The van der Waals surface area contributed by atoms with Crippen molar-refractivity contribution in [3.8, 4) is 0 Å². The number of rotatable bonds is 1. The minimum Gasteiger partial charge on any atom is -0.399 e. The molecule has 0 amide bonds. The maximum Gasteiger partial charge on any atom is 0.110 e. The van der Waals surface area contributed by atoms with E-state index in [9.17, 15) is 5.11 Å². The summed E-state index contributed by atoms with van der Waals surface area (Å²) in [6, 6.07) is 0.296. The molecule has 3 fully saturated rings. The van der Waals surface area contributed by atoms with E-state index in [4.69, 9.17) is 4.84 Å². The molecular weight excluding hydrogens is 228 g/mol. The number of aliphatic hydroxyl groups excluding tert-OH is 1. The van der Waals surface area contributed by atoms with Crippen LogP contribution in [0.2, 0.25) is 0 Å². The summed E-state index contributed by atoms with van der Waals surface area (Å²) in [5, 5.41) is 14.3. The van der Waals surface area contributed by atoms with E-state index in [0.717, 1.165) is 18.8 Å². The van der Waals surface area contributed by atoms with Crippen LogP contribution < -0.4 is 0 Å². The van der Waals surface area contributed by atoms with Crippen molar-refractivity contribution in [2.45, 2.75) is 51.7 Å². The van der Waals surface area contributed by atoms with E-state index in [0.29, 0.717) is 16.9 Å². The van der Waals surface area contributed by atoms with Crippen LogP contribution in [-0.2, 0) is 4.84 Å². The van der Waals surface area contributed by atoms with Crippen LogP contribution in [0.15, 0.2) is 5.16 Å². The maximum absolute atomic E-state index is 10.2. The first-order valence-electron chi connectivity index (χ1n) is 7.05. The van der Waals surface area contributed by atoms with Gasteiger partial charge in [-0.05, 0) is 36.6 Å². The maximum atomic E-state index is 10.2. The first-order valence-corrected chi connectivity index (χ1v) is 7.05. The molecule has 1 N–H and O–H groups in total. The SMILES string of the molecule is CON=C1C(O)CN2CCC3(CCCC3(C)C)C12. The Morgan fingerprint density at radius 1 is 1.33 bits per heavy atom. The van der Waals surface area contributed by atoms with Crippen molar-refractivity contribution in [2.75, 3.05) is 20.2 Å². The van der Waals surface area contributed by atoms with E-state index < -0.39 is 6.10 Å². The average Bonchev–Trinajstić information content (AvgIpc) is 2.89. The first kappa shape index (κ1) is 12.4. The van der Waals surface area contributed by atoms with Gasteiger partial charge < -0.3 is 9.94 Å². The molecule has 0 aromatic rings. The molecule has 1 spiro atoms. The number of nitrogens with zero attached hydrogens (tertiary/aromatic N) is 2. The van der Waals surface area contributed by atoms with Crippen molar-refractivity contribution in [1.82, 2.24) is 4.90 Å². The molecule has 3 aliphatic rings. The van der Waals surface area contributed by atoms with Gasteiger partial charge in [-0.2, -0.15) is 0 Å². The van der Waals surface area contributed by atoms with Crippen LogP contribution in [0.25, 0.3) is 0 Å². The third-order valence-electron chi connectivity index (χ3n) is 5.73. The molecule has 3 atom stereocenters. The fourth-order valence-corrected chi connectivity index (χ4v) is 4.74.